The molecule has 0 bridgehead atoms. The van der Waals surface area contributed by atoms with Crippen LogP contribution in [0.25, 0.3) is 16.9 Å². The third-order valence-corrected chi connectivity index (χ3v) is 6.01. The van der Waals surface area contributed by atoms with Crippen LogP contribution >= 0.6 is 0 Å². The van der Waals surface area contributed by atoms with Crippen LogP contribution in [0.1, 0.15) is 26.7 Å². The van der Waals surface area contributed by atoms with Crippen LogP contribution in [0.2, 0.25) is 0 Å². The first-order valence-electron chi connectivity index (χ1n) is 12.3. The first-order valence-corrected chi connectivity index (χ1v) is 12.3. The molecule has 4 aromatic rings. The second-order valence-electron chi connectivity index (χ2n) is 8.23. The lowest BCUT2D eigenvalue weighted by Crippen LogP contribution is -2.25. The number of ether oxygens (including phenoxy) is 3. The highest BCUT2D eigenvalue weighted by molar-refractivity contribution is 5.68. The van der Waals surface area contributed by atoms with Crippen LogP contribution in [0.4, 0.5) is 11.6 Å². The van der Waals surface area contributed by atoms with Crippen molar-refractivity contribution in [2.45, 2.75) is 26.7 Å². The second-order valence-corrected chi connectivity index (χ2v) is 8.23. The molecule has 0 radical (unpaired) electrons. The predicted molar refractivity (Wildman–Crippen MR) is 137 cm³/mol. The van der Waals surface area contributed by atoms with Crippen molar-refractivity contribution in [3.63, 3.8) is 0 Å². The van der Waals surface area contributed by atoms with Gasteiger partial charge in [0.25, 0.3) is 0 Å². The molecule has 2 aromatic heterocycles. The molecule has 8 nitrogen and oxygen atoms in total. The van der Waals surface area contributed by atoms with E-state index in [4.69, 9.17) is 14.2 Å². The summed E-state index contributed by atoms with van der Waals surface area (Å²) in [5.74, 6) is 2.90. The van der Waals surface area contributed by atoms with E-state index in [2.05, 4.69) is 20.3 Å². The monoisotopic (exact) mass is 473 g/mol. The van der Waals surface area contributed by atoms with Gasteiger partial charge in [0, 0.05) is 17.8 Å². The fourth-order valence-electron chi connectivity index (χ4n) is 4.29. The lowest BCUT2D eigenvalue weighted by atomic mass is 10.1. The number of likely N-dealkylation sites (tertiary alicyclic amines) is 1. The van der Waals surface area contributed by atoms with Crippen molar-refractivity contribution >= 4 is 17.3 Å². The quantitative estimate of drug-likeness (QED) is 0.387. The summed E-state index contributed by atoms with van der Waals surface area (Å²) in [5.41, 5.74) is 3.57. The Bertz CT molecular complexity index is 1270. The number of pyridine rings is 1. The standard InChI is InChI=1S/C25H25N5O3.C2H6/c1-2-13-29(12-1)14-15-31-20-9-7-19(8-10-20)26-25-27-24-5-3-4-21(30(24)28-25)18-6-11-22-23(16-18)33-17-32-22;1-2/h3-11,16H,1-2,12-15,17H2,(H,26,28);1-2H3. The molecular weight excluding hydrogens is 442 g/mol. The molecule has 0 atom stereocenters. The van der Waals surface area contributed by atoms with Gasteiger partial charge in [0.05, 0.1) is 5.69 Å². The number of aromatic nitrogens is 3. The molecule has 1 saturated heterocycles. The number of hydrogen-bond donors (Lipinski definition) is 1. The lowest BCUT2D eigenvalue weighted by Gasteiger charge is -2.15. The number of benzene rings is 2. The molecule has 8 heteroatoms. The molecule has 0 saturated carbocycles. The van der Waals surface area contributed by atoms with E-state index in [1.807, 2.05) is 79.0 Å². The SMILES string of the molecule is CC.c1cc(-c2ccc3c(c2)OCO3)n2nc(Nc3ccc(OCCN4CCCC4)cc3)nc2c1. The van der Waals surface area contributed by atoms with Gasteiger partial charge in [-0.25, -0.2) is 4.52 Å². The average Bonchev–Trinajstić information content (AvgIpc) is 3.66. The highest BCUT2D eigenvalue weighted by Crippen LogP contribution is 2.36. The fraction of sp³-hybridized carbons (Fsp3) is 0.333. The molecule has 182 valence electrons. The maximum Gasteiger partial charge on any atom is 0.247 e. The van der Waals surface area contributed by atoms with Crippen molar-refractivity contribution in [3.05, 3.63) is 60.7 Å². The molecule has 2 aliphatic heterocycles. The van der Waals surface area contributed by atoms with E-state index in [9.17, 15) is 0 Å². The van der Waals surface area contributed by atoms with E-state index in [0.717, 1.165) is 46.4 Å². The third kappa shape index (κ3) is 5.17. The zero-order chi connectivity index (χ0) is 24.0. The number of nitrogens with one attached hydrogen (secondary N) is 1. The van der Waals surface area contributed by atoms with Gasteiger partial charge in [-0.3, -0.25) is 4.90 Å². The molecule has 0 spiro atoms. The van der Waals surface area contributed by atoms with Gasteiger partial charge in [0.15, 0.2) is 17.1 Å². The highest BCUT2D eigenvalue weighted by atomic mass is 16.7. The first kappa shape index (κ1) is 23.0. The van der Waals surface area contributed by atoms with Crippen molar-refractivity contribution in [2.24, 2.45) is 0 Å². The van der Waals surface area contributed by atoms with Crippen molar-refractivity contribution in [3.8, 4) is 28.5 Å². The molecule has 6 rings (SSSR count). The Hall–Kier alpha value is -3.78. The first-order chi connectivity index (χ1) is 17.3. The van der Waals surface area contributed by atoms with Crippen LogP contribution in [-0.4, -0.2) is 52.5 Å². The van der Waals surface area contributed by atoms with Crippen LogP contribution < -0.4 is 19.5 Å². The summed E-state index contributed by atoms with van der Waals surface area (Å²) >= 11 is 0. The van der Waals surface area contributed by atoms with Gasteiger partial charge in [-0.2, -0.15) is 4.98 Å². The van der Waals surface area contributed by atoms with Gasteiger partial charge in [-0.15, -0.1) is 5.10 Å². The Balaban J connectivity index is 0.00000124. The molecule has 1 N–H and O–H groups in total. The molecule has 0 aliphatic carbocycles. The zero-order valence-corrected chi connectivity index (χ0v) is 20.2. The van der Waals surface area contributed by atoms with E-state index in [0.29, 0.717) is 12.6 Å². The van der Waals surface area contributed by atoms with E-state index in [1.54, 1.807) is 0 Å². The van der Waals surface area contributed by atoms with Gasteiger partial charge in [-0.05, 0) is 80.5 Å². The van der Waals surface area contributed by atoms with E-state index < -0.39 is 0 Å². The minimum absolute atomic E-state index is 0.253. The van der Waals surface area contributed by atoms with Crippen LogP contribution in [0.5, 0.6) is 17.2 Å². The Kier molecular flexibility index (Phi) is 6.99. The van der Waals surface area contributed by atoms with Crippen LogP contribution in [0.3, 0.4) is 0 Å². The van der Waals surface area contributed by atoms with Crippen molar-refractivity contribution in [1.29, 1.82) is 0 Å². The van der Waals surface area contributed by atoms with Gasteiger partial charge in [-0.1, -0.05) is 19.9 Å². The molecule has 0 amide bonds. The van der Waals surface area contributed by atoms with Gasteiger partial charge in [0.1, 0.15) is 12.4 Å². The van der Waals surface area contributed by atoms with Crippen LogP contribution in [0, 0.1) is 0 Å². The Morgan fingerprint density at radius 2 is 1.74 bits per heavy atom. The maximum atomic E-state index is 5.89. The normalized spacial score (nSPS) is 14.6. The van der Waals surface area contributed by atoms with Crippen LogP contribution in [0.15, 0.2) is 60.7 Å². The molecule has 2 aromatic carbocycles. The highest BCUT2D eigenvalue weighted by Gasteiger charge is 2.16. The minimum atomic E-state index is 0.253. The fourth-order valence-corrected chi connectivity index (χ4v) is 4.29. The van der Waals surface area contributed by atoms with Crippen molar-refractivity contribution in [2.75, 3.05) is 38.4 Å². The minimum Gasteiger partial charge on any atom is -0.492 e. The average molecular weight is 474 g/mol. The zero-order valence-electron chi connectivity index (χ0n) is 20.2. The summed E-state index contributed by atoms with van der Waals surface area (Å²) in [6, 6.07) is 19.7. The molecule has 4 heterocycles. The van der Waals surface area contributed by atoms with E-state index >= 15 is 0 Å². The summed E-state index contributed by atoms with van der Waals surface area (Å²) in [7, 11) is 0. The molecule has 0 unspecified atom stereocenters. The van der Waals surface area contributed by atoms with E-state index in [-0.39, 0.29) is 6.79 Å². The van der Waals surface area contributed by atoms with Gasteiger partial charge in [0.2, 0.25) is 12.7 Å². The van der Waals surface area contributed by atoms with Crippen molar-refractivity contribution in [1.82, 2.24) is 19.5 Å². The Labute approximate surface area is 205 Å². The topological polar surface area (TPSA) is 73.2 Å². The summed E-state index contributed by atoms with van der Waals surface area (Å²) in [6.45, 7) is 8.33. The summed E-state index contributed by atoms with van der Waals surface area (Å²) in [4.78, 5) is 7.08. The Morgan fingerprint density at radius 1 is 0.943 bits per heavy atom. The van der Waals surface area contributed by atoms with Gasteiger partial charge < -0.3 is 19.5 Å². The molecule has 35 heavy (non-hydrogen) atoms. The number of rotatable bonds is 7. The maximum absolute atomic E-state index is 5.89. The number of anilines is 2. The van der Waals surface area contributed by atoms with E-state index in [1.165, 1.54) is 25.9 Å². The Morgan fingerprint density at radius 3 is 2.57 bits per heavy atom. The third-order valence-electron chi connectivity index (χ3n) is 6.01. The summed E-state index contributed by atoms with van der Waals surface area (Å²) < 4.78 is 18.7. The second kappa shape index (κ2) is 10.7. The molecule has 1 fully saturated rings. The van der Waals surface area contributed by atoms with Crippen molar-refractivity contribution < 1.29 is 14.2 Å². The lowest BCUT2D eigenvalue weighted by molar-refractivity contribution is 0.174. The smallest absolute Gasteiger partial charge is 0.247 e. The predicted octanol–water partition coefficient (Wildman–Crippen LogP) is 5.37. The molecule has 2 aliphatic rings. The summed E-state index contributed by atoms with van der Waals surface area (Å²) in [6.07, 6.45) is 2.60. The van der Waals surface area contributed by atoms with Crippen LogP contribution in [-0.2, 0) is 0 Å². The number of nitrogens with zero attached hydrogens (tertiary/aromatic N) is 4. The largest absolute Gasteiger partial charge is 0.492 e. The van der Waals surface area contributed by atoms with Gasteiger partial charge >= 0.3 is 0 Å². The molecular formula is C27H31N5O3. The number of hydrogen-bond acceptors (Lipinski definition) is 7. The number of fused-ring (bicyclic) bond motifs is 2. The summed E-state index contributed by atoms with van der Waals surface area (Å²) in [5, 5.41) is 7.97.